The molecular formula is C17H18ClNO3S. The summed E-state index contributed by atoms with van der Waals surface area (Å²) in [6, 6.07) is 14.0. The van der Waals surface area contributed by atoms with Crippen molar-refractivity contribution in [2.75, 3.05) is 5.75 Å². The van der Waals surface area contributed by atoms with Crippen molar-refractivity contribution >= 4 is 27.3 Å². The van der Waals surface area contributed by atoms with Crippen LogP contribution in [0.3, 0.4) is 0 Å². The van der Waals surface area contributed by atoms with Crippen LogP contribution in [0.2, 0.25) is 5.02 Å². The summed E-state index contributed by atoms with van der Waals surface area (Å²) in [5, 5.41) is 2.90. The first kappa shape index (κ1) is 17.5. The molecule has 0 aliphatic carbocycles. The largest absolute Gasteiger partial charge is 0.352 e. The van der Waals surface area contributed by atoms with E-state index in [0.717, 1.165) is 11.1 Å². The topological polar surface area (TPSA) is 63.2 Å². The number of carbonyl (C=O) groups excluding carboxylic acids is 1. The fraction of sp³-hybridized carbons (Fsp3) is 0.235. The van der Waals surface area contributed by atoms with E-state index < -0.39 is 9.84 Å². The summed E-state index contributed by atoms with van der Waals surface area (Å²) < 4.78 is 24.4. The zero-order chi connectivity index (χ0) is 16.9. The number of nitrogens with one attached hydrogen (secondary N) is 1. The quantitative estimate of drug-likeness (QED) is 0.869. The number of benzene rings is 2. The minimum absolute atomic E-state index is 0.0631. The Morgan fingerprint density at radius 2 is 1.87 bits per heavy atom. The molecule has 0 saturated heterocycles. The summed E-state index contributed by atoms with van der Waals surface area (Å²) in [4.78, 5) is 11.9. The van der Waals surface area contributed by atoms with Crippen LogP contribution in [0.15, 0.2) is 53.4 Å². The van der Waals surface area contributed by atoms with Crippen molar-refractivity contribution < 1.29 is 13.2 Å². The maximum Gasteiger partial charge on any atom is 0.221 e. The molecule has 2 aromatic rings. The van der Waals surface area contributed by atoms with Crippen LogP contribution >= 0.6 is 11.6 Å². The van der Waals surface area contributed by atoms with E-state index in [2.05, 4.69) is 5.32 Å². The standard InChI is InChI=1S/C17H18ClNO3S/c1-13-5-4-6-14(11-13)12-19-17(20)9-10-23(21,22)16-8-3-2-7-15(16)18/h2-8,11H,9-10,12H2,1H3,(H,19,20). The van der Waals surface area contributed by atoms with Crippen molar-refractivity contribution in [2.24, 2.45) is 0 Å². The fourth-order valence-corrected chi connectivity index (χ4v) is 3.96. The van der Waals surface area contributed by atoms with Crippen LogP contribution in [0.5, 0.6) is 0 Å². The van der Waals surface area contributed by atoms with Crippen LogP contribution in [-0.4, -0.2) is 20.1 Å². The molecule has 0 saturated carbocycles. The molecule has 0 spiro atoms. The predicted octanol–water partition coefficient (Wildman–Crippen LogP) is 3.13. The van der Waals surface area contributed by atoms with E-state index in [-0.39, 0.29) is 28.0 Å². The molecule has 1 amide bonds. The van der Waals surface area contributed by atoms with Gasteiger partial charge in [0.25, 0.3) is 0 Å². The van der Waals surface area contributed by atoms with E-state index in [4.69, 9.17) is 11.6 Å². The normalized spacial score (nSPS) is 11.2. The number of carbonyl (C=O) groups is 1. The summed E-state index contributed by atoms with van der Waals surface area (Å²) in [5.74, 6) is -0.571. The molecule has 0 fully saturated rings. The lowest BCUT2D eigenvalue weighted by atomic mass is 10.1. The maximum atomic E-state index is 12.2. The van der Waals surface area contributed by atoms with Crippen molar-refractivity contribution in [3.63, 3.8) is 0 Å². The molecule has 122 valence electrons. The van der Waals surface area contributed by atoms with Crippen LogP contribution in [0.25, 0.3) is 0 Å². The van der Waals surface area contributed by atoms with Crippen molar-refractivity contribution in [1.29, 1.82) is 0 Å². The van der Waals surface area contributed by atoms with Crippen molar-refractivity contribution in [2.45, 2.75) is 24.8 Å². The van der Waals surface area contributed by atoms with Crippen molar-refractivity contribution in [3.8, 4) is 0 Å². The first-order valence-corrected chi connectivity index (χ1v) is 9.21. The molecule has 2 aromatic carbocycles. The summed E-state index contributed by atoms with van der Waals surface area (Å²) in [5.41, 5.74) is 2.09. The molecule has 0 radical (unpaired) electrons. The first-order chi connectivity index (χ1) is 10.9. The Bertz CT molecular complexity index is 803. The van der Waals surface area contributed by atoms with Crippen molar-refractivity contribution in [3.05, 3.63) is 64.7 Å². The molecule has 0 aliphatic heterocycles. The van der Waals surface area contributed by atoms with Gasteiger partial charge in [-0.2, -0.15) is 0 Å². The smallest absolute Gasteiger partial charge is 0.221 e. The number of halogens is 1. The number of rotatable bonds is 6. The second kappa shape index (κ2) is 7.62. The van der Waals surface area contributed by atoms with Crippen molar-refractivity contribution in [1.82, 2.24) is 5.32 Å². The second-order valence-corrected chi connectivity index (χ2v) is 7.75. The third-order valence-corrected chi connectivity index (χ3v) is 5.55. The van der Waals surface area contributed by atoms with Gasteiger partial charge < -0.3 is 5.32 Å². The van der Waals surface area contributed by atoms with E-state index in [1.54, 1.807) is 12.1 Å². The molecule has 4 nitrogen and oxygen atoms in total. The highest BCUT2D eigenvalue weighted by Crippen LogP contribution is 2.22. The van der Waals surface area contributed by atoms with Gasteiger partial charge in [-0.25, -0.2) is 8.42 Å². The second-order valence-electron chi connectivity index (χ2n) is 5.27. The van der Waals surface area contributed by atoms with Gasteiger partial charge in [-0.3, -0.25) is 4.79 Å². The first-order valence-electron chi connectivity index (χ1n) is 7.18. The fourth-order valence-electron chi connectivity index (χ4n) is 2.15. The highest BCUT2D eigenvalue weighted by atomic mass is 35.5. The number of sulfone groups is 1. The van der Waals surface area contributed by atoms with Crippen LogP contribution in [0, 0.1) is 6.92 Å². The summed E-state index contributed by atoms with van der Waals surface area (Å²) in [6.07, 6.45) is -0.0978. The van der Waals surface area contributed by atoms with Crippen LogP contribution in [-0.2, 0) is 21.2 Å². The molecular weight excluding hydrogens is 334 g/mol. The summed E-state index contributed by atoms with van der Waals surface area (Å²) in [6.45, 7) is 2.36. The highest BCUT2D eigenvalue weighted by molar-refractivity contribution is 7.91. The molecule has 0 heterocycles. The molecule has 2 rings (SSSR count). The average Bonchev–Trinajstić information content (AvgIpc) is 2.51. The predicted molar refractivity (Wildman–Crippen MR) is 91.1 cm³/mol. The lowest BCUT2D eigenvalue weighted by Crippen LogP contribution is -2.25. The number of hydrogen-bond donors (Lipinski definition) is 1. The van der Waals surface area contributed by atoms with E-state index in [9.17, 15) is 13.2 Å². The van der Waals surface area contributed by atoms with Crippen LogP contribution in [0.4, 0.5) is 0 Å². The molecule has 0 bridgehead atoms. The Hall–Kier alpha value is -1.85. The van der Waals surface area contributed by atoms with Gasteiger partial charge in [-0.15, -0.1) is 0 Å². The van der Waals surface area contributed by atoms with Gasteiger partial charge in [0, 0.05) is 13.0 Å². The van der Waals surface area contributed by atoms with Gasteiger partial charge in [-0.05, 0) is 24.6 Å². The Labute approximate surface area is 141 Å². The Balaban J connectivity index is 1.90. The zero-order valence-corrected chi connectivity index (χ0v) is 14.3. The SMILES string of the molecule is Cc1cccc(CNC(=O)CCS(=O)(=O)c2ccccc2Cl)c1. The lowest BCUT2D eigenvalue weighted by molar-refractivity contribution is -0.120. The molecule has 23 heavy (non-hydrogen) atoms. The Kier molecular flexibility index (Phi) is 5.80. The molecule has 0 aliphatic rings. The monoisotopic (exact) mass is 351 g/mol. The lowest BCUT2D eigenvalue weighted by Gasteiger charge is -2.08. The molecule has 0 unspecified atom stereocenters. The van der Waals surface area contributed by atoms with E-state index >= 15 is 0 Å². The van der Waals surface area contributed by atoms with Gasteiger partial charge in [0.05, 0.1) is 15.7 Å². The highest BCUT2D eigenvalue weighted by Gasteiger charge is 2.19. The Morgan fingerprint density at radius 3 is 2.57 bits per heavy atom. The third kappa shape index (κ3) is 5.08. The minimum Gasteiger partial charge on any atom is -0.352 e. The van der Waals surface area contributed by atoms with E-state index in [1.165, 1.54) is 12.1 Å². The average molecular weight is 352 g/mol. The number of amides is 1. The number of aryl methyl sites for hydroxylation is 1. The number of hydrogen-bond acceptors (Lipinski definition) is 3. The minimum atomic E-state index is -3.57. The van der Waals surface area contributed by atoms with Crippen LogP contribution < -0.4 is 5.32 Å². The third-order valence-electron chi connectivity index (χ3n) is 3.34. The molecule has 0 aromatic heterocycles. The van der Waals surface area contributed by atoms with Gasteiger partial charge in [0.2, 0.25) is 5.91 Å². The Morgan fingerprint density at radius 1 is 1.13 bits per heavy atom. The van der Waals surface area contributed by atoms with Gasteiger partial charge in [0.15, 0.2) is 9.84 Å². The maximum absolute atomic E-state index is 12.2. The zero-order valence-electron chi connectivity index (χ0n) is 12.8. The van der Waals surface area contributed by atoms with E-state index in [1.807, 2.05) is 31.2 Å². The summed E-state index contributed by atoms with van der Waals surface area (Å²) >= 11 is 5.90. The molecule has 1 N–H and O–H groups in total. The van der Waals surface area contributed by atoms with E-state index in [0.29, 0.717) is 6.54 Å². The summed E-state index contributed by atoms with van der Waals surface area (Å²) in [7, 11) is -3.57. The molecule has 6 heteroatoms. The van der Waals surface area contributed by atoms with Gasteiger partial charge >= 0.3 is 0 Å². The van der Waals surface area contributed by atoms with Crippen LogP contribution in [0.1, 0.15) is 17.5 Å². The van der Waals surface area contributed by atoms with Gasteiger partial charge in [-0.1, -0.05) is 53.6 Å². The molecule has 0 atom stereocenters. The van der Waals surface area contributed by atoms with Gasteiger partial charge in [0.1, 0.15) is 0 Å².